The number of ether oxygens (including phenoxy) is 1. The second kappa shape index (κ2) is 10.4. The van der Waals surface area contributed by atoms with Crippen LogP contribution in [0, 0.1) is 21.4 Å². The van der Waals surface area contributed by atoms with Crippen LogP contribution in [-0.2, 0) is 11.4 Å². The fraction of sp³-hybridized carbons (Fsp3) is 0.0435. The molecule has 160 valence electrons. The van der Waals surface area contributed by atoms with Crippen molar-refractivity contribution in [2.75, 3.05) is 5.32 Å². The van der Waals surface area contributed by atoms with E-state index in [2.05, 4.69) is 5.32 Å². The molecular weight excluding hydrogens is 453 g/mol. The Morgan fingerprint density at radius 3 is 2.41 bits per heavy atom. The molecule has 0 heterocycles. The van der Waals surface area contributed by atoms with E-state index in [0.29, 0.717) is 17.0 Å². The summed E-state index contributed by atoms with van der Waals surface area (Å²) in [7, 11) is 0. The van der Waals surface area contributed by atoms with Gasteiger partial charge in [-0.2, -0.15) is 5.26 Å². The summed E-state index contributed by atoms with van der Waals surface area (Å²) in [4.78, 5) is 22.7. The molecule has 0 aromatic heterocycles. The van der Waals surface area contributed by atoms with E-state index >= 15 is 0 Å². The van der Waals surface area contributed by atoms with Crippen LogP contribution in [0.15, 0.2) is 72.3 Å². The number of carbonyl (C=O) groups is 1. The lowest BCUT2D eigenvalue weighted by molar-refractivity contribution is -0.384. The summed E-state index contributed by atoms with van der Waals surface area (Å²) in [5.74, 6) is -0.0515. The minimum absolute atomic E-state index is 0.0138. The molecule has 9 heteroatoms. The van der Waals surface area contributed by atoms with Crippen LogP contribution in [0.4, 0.5) is 11.4 Å². The van der Waals surface area contributed by atoms with Gasteiger partial charge in [-0.1, -0.05) is 41.4 Å². The molecule has 0 spiro atoms. The summed E-state index contributed by atoms with van der Waals surface area (Å²) in [6.45, 7) is 0.236. The van der Waals surface area contributed by atoms with Gasteiger partial charge in [-0.05, 0) is 53.6 Å². The van der Waals surface area contributed by atoms with Gasteiger partial charge < -0.3 is 10.1 Å². The van der Waals surface area contributed by atoms with E-state index in [1.807, 2.05) is 6.07 Å². The molecule has 0 radical (unpaired) electrons. The molecule has 0 aliphatic heterocycles. The zero-order valence-corrected chi connectivity index (χ0v) is 17.9. The molecule has 0 fully saturated rings. The molecular formula is C23H15Cl2N3O4. The Balaban J connectivity index is 1.64. The highest BCUT2D eigenvalue weighted by Crippen LogP contribution is 2.30. The number of amides is 1. The van der Waals surface area contributed by atoms with Gasteiger partial charge in [-0.3, -0.25) is 14.9 Å². The maximum atomic E-state index is 12.4. The van der Waals surface area contributed by atoms with Crippen molar-refractivity contribution in [2.45, 2.75) is 6.61 Å². The zero-order valence-electron chi connectivity index (χ0n) is 16.4. The summed E-state index contributed by atoms with van der Waals surface area (Å²) in [5.41, 5.74) is 1.61. The topological polar surface area (TPSA) is 105 Å². The number of benzene rings is 3. The molecule has 0 aliphatic carbocycles. The average Bonchev–Trinajstić information content (AvgIpc) is 2.80. The monoisotopic (exact) mass is 467 g/mol. The van der Waals surface area contributed by atoms with E-state index in [4.69, 9.17) is 27.9 Å². The van der Waals surface area contributed by atoms with Crippen molar-refractivity contribution in [3.63, 3.8) is 0 Å². The summed E-state index contributed by atoms with van der Waals surface area (Å²) in [6, 6.07) is 19.5. The number of hydrogen-bond acceptors (Lipinski definition) is 5. The fourth-order valence-corrected chi connectivity index (χ4v) is 2.99. The Bertz CT molecular complexity index is 1220. The molecule has 32 heavy (non-hydrogen) atoms. The molecule has 3 aromatic rings. The summed E-state index contributed by atoms with van der Waals surface area (Å²) in [6.07, 6.45) is 1.44. The minimum Gasteiger partial charge on any atom is -0.489 e. The van der Waals surface area contributed by atoms with Crippen molar-refractivity contribution < 1.29 is 14.5 Å². The van der Waals surface area contributed by atoms with E-state index < -0.39 is 10.8 Å². The summed E-state index contributed by atoms with van der Waals surface area (Å²) in [5, 5.41) is 23.1. The third-order valence-corrected chi connectivity index (χ3v) is 5.13. The lowest BCUT2D eigenvalue weighted by atomic mass is 10.1. The number of rotatable bonds is 7. The molecule has 1 amide bonds. The van der Waals surface area contributed by atoms with Crippen molar-refractivity contribution in [3.05, 3.63) is 104 Å². The quantitative estimate of drug-likeness (QED) is 0.197. The van der Waals surface area contributed by atoms with Gasteiger partial charge in [-0.25, -0.2) is 0 Å². The highest BCUT2D eigenvalue weighted by atomic mass is 35.5. The number of nitro groups is 1. The van der Waals surface area contributed by atoms with E-state index in [1.54, 1.807) is 54.6 Å². The van der Waals surface area contributed by atoms with Crippen molar-refractivity contribution >= 4 is 46.6 Å². The highest BCUT2D eigenvalue weighted by Gasteiger charge is 2.13. The van der Waals surface area contributed by atoms with Crippen molar-refractivity contribution in [1.29, 1.82) is 5.26 Å². The smallest absolute Gasteiger partial charge is 0.269 e. The van der Waals surface area contributed by atoms with Gasteiger partial charge in [0, 0.05) is 12.1 Å². The Morgan fingerprint density at radius 1 is 1.09 bits per heavy atom. The van der Waals surface area contributed by atoms with Gasteiger partial charge in [0.05, 0.1) is 20.7 Å². The summed E-state index contributed by atoms with van der Waals surface area (Å²) >= 11 is 12.0. The second-order valence-electron chi connectivity index (χ2n) is 6.51. The minimum atomic E-state index is -0.616. The molecule has 3 rings (SSSR count). The van der Waals surface area contributed by atoms with E-state index in [0.717, 1.165) is 5.56 Å². The second-order valence-corrected chi connectivity index (χ2v) is 7.29. The SMILES string of the molecule is N#C/C(=C/c1ccc(OCc2ccc([N+](=O)[O-])cc2)cc1)C(=O)Nc1cccc(Cl)c1Cl. The largest absolute Gasteiger partial charge is 0.489 e. The molecule has 0 atom stereocenters. The summed E-state index contributed by atoms with van der Waals surface area (Å²) < 4.78 is 5.67. The van der Waals surface area contributed by atoms with Crippen LogP contribution in [0.25, 0.3) is 6.08 Å². The van der Waals surface area contributed by atoms with E-state index in [-0.39, 0.29) is 27.9 Å². The first-order chi connectivity index (χ1) is 15.4. The number of anilines is 1. The highest BCUT2D eigenvalue weighted by molar-refractivity contribution is 6.44. The van der Waals surface area contributed by atoms with Gasteiger partial charge in [0.25, 0.3) is 11.6 Å². The van der Waals surface area contributed by atoms with E-state index in [1.165, 1.54) is 18.2 Å². The van der Waals surface area contributed by atoms with Crippen LogP contribution in [0.1, 0.15) is 11.1 Å². The first-order valence-corrected chi connectivity index (χ1v) is 9.96. The lowest BCUT2D eigenvalue weighted by Crippen LogP contribution is -2.13. The molecule has 1 N–H and O–H groups in total. The predicted molar refractivity (Wildman–Crippen MR) is 123 cm³/mol. The number of nitrogens with one attached hydrogen (secondary N) is 1. The first kappa shape index (κ1) is 22.8. The number of nitrogens with zero attached hydrogens (tertiary/aromatic N) is 2. The van der Waals surface area contributed by atoms with Crippen LogP contribution < -0.4 is 10.1 Å². The molecule has 3 aromatic carbocycles. The maximum Gasteiger partial charge on any atom is 0.269 e. The van der Waals surface area contributed by atoms with Gasteiger partial charge >= 0.3 is 0 Å². The molecule has 0 bridgehead atoms. The number of hydrogen-bond donors (Lipinski definition) is 1. The number of nitro benzene ring substituents is 1. The van der Waals surface area contributed by atoms with Crippen LogP contribution in [0.2, 0.25) is 10.0 Å². The Hall–Kier alpha value is -3.86. The van der Waals surface area contributed by atoms with E-state index in [9.17, 15) is 20.2 Å². The van der Waals surface area contributed by atoms with Crippen molar-refractivity contribution in [2.24, 2.45) is 0 Å². The molecule has 0 unspecified atom stereocenters. The number of nitriles is 1. The van der Waals surface area contributed by atoms with Crippen molar-refractivity contribution in [3.8, 4) is 11.8 Å². The van der Waals surface area contributed by atoms with Crippen LogP contribution in [0.3, 0.4) is 0 Å². The third-order valence-electron chi connectivity index (χ3n) is 4.31. The molecule has 0 aliphatic rings. The average molecular weight is 468 g/mol. The van der Waals surface area contributed by atoms with Gasteiger partial charge in [0.2, 0.25) is 0 Å². The maximum absolute atomic E-state index is 12.4. The van der Waals surface area contributed by atoms with Crippen molar-refractivity contribution in [1.82, 2.24) is 0 Å². The van der Waals surface area contributed by atoms with Gasteiger partial charge in [0.1, 0.15) is 24.0 Å². The van der Waals surface area contributed by atoms with Crippen LogP contribution in [0.5, 0.6) is 5.75 Å². The van der Waals surface area contributed by atoms with Crippen LogP contribution >= 0.6 is 23.2 Å². The molecule has 0 saturated heterocycles. The number of non-ortho nitro benzene ring substituents is 1. The molecule has 0 saturated carbocycles. The van der Waals surface area contributed by atoms with Crippen LogP contribution in [-0.4, -0.2) is 10.8 Å². The standard InChI is InChI=1S/C23H15Cl2N3O4/c24-20-2-1-3-21(22(20)25)27-23(29)17(13-26)12-15-6-10-19(11-7-15)32-14-16-4-8-18(9-5-16)28(30)31/h1-12H,14H2,(H,27,29)/b17-12-. The third kappa shape index (κ3) is 5.85. The fourth-order valence-electron chi connectivity index (χ4n) is 2.65. The molecule has 7 nitrogen and oxygen atoms in total. The number of carbonyl (C=O) groups excluding carboxylic acids is 1. The predicted octanol–water partition coefficient (Wildman–Crippen LogP) is 6.03. The Kier molecular flexibility index (Phi) is 7.45. The Labute approximate surface area is 193 Å². The first-order valence-electron chi connectivity index (χ1n) is 9.20. The van der Waals surface area contributed by atoms with Gasteiger partial charge in [0.15, 0.2) is 0 Å². The lowest BCUT2D eigenvalue weighted by Gasteiger charge is -2.08. The van der Waals surface area contributed by atoms with Gasteiger partial charge in [-0.15, -0.1) is 0 Å². The normalized spacial score (nSPS) is 10.8. The Morgan fingerprint density at radius 2 is 1.78 bits per heavy atom. The number of halogens is 2. The zero-order chi connectivity index (χ0) is 23.1.